The molecule has 0 amide bonds. The molecule has 6 aromatic rings. The number of fused-ring (bicyclic) bond motifs is 2. The second-order valence-corrected chi connectivity index (χ2v) is 14.2. The predicted molar refractivity (Wildman–Crippen MR) is 209 cm³/mol. The van der Waals surface area contributed by atoms with Crippen LogP contribution in [0.25, 0.3) is 44.2 Å². The van der Waals surface area contributed by atoms with Crippen LogP contribution in [0.4, 0.5) is 26.3 Å². The van der Waals surface area contributed by atoms with Gasteiger partial charge >= 0.3 is 23.6 Å². The number of hydrogen-bond acceptors (Lipinski definition) is 7. The molecule has 0 saturated carbocycles. The topological polar surface area (TPSA) is 99.1 Å². The molecule has 2 aromatic heterocycles. The molecular weight excluding hydrogens is 766 g/mol. The van der Waals surface area contributed by atoms with Crippen LogP contribution in [-0.2, 0) is 25.2 Å². The Morgan fingerprint density at radius 2 is 0.966 bits per heavy atom. The highest BCUT2D eigenvalue weighted by Gasteiger charge is 2.36. The lowest BCUT2D eigenvalue weighted by molar-refractivity contribution is -0.138. The average molecular weight is 809 g/mol. The Hall–Kier alpha value is -5.56. The molecule has 13 heteroatoms. The molecule has 0 aliphatic heterocycles. The molecule has 0 fully saturated rings. The molecule has 306 valence electrons. The monoisotopic (exact) mass is 808 g/mol. The smallest absolute Gasteiger partial charge is 0.417 e. The molecule has 58 heavy (non-hydrogen) atoms. The fourth-order valence-electron chi connectivity index (χ4n) is 6.76. The number of aryl methyl sites for hydroxylation is 2. The van der Waals surface area contributed by atoms with Crippen LogP contribution < -0.4 is 20.7 Å². The first-order valence-electron chi connectivity index (χ1n) is 19.1. The van der Waals surface area contributed by atoms with E-state index in [-0.39, 0.29) is 58.1 Å². The van der Waals surface area contributed by atoms with E-state index in [0.29, 0.717) is 34.7 Å². The zero-order valence-electron chi connectivity index (χ0n) is 31.9. The van der Waals surface area contributed by atoms with E-state index in [2.05, 4.69) is 0 Å². The minimum absolute atomic E-state index is 0.0663. The highest BCUT2D eigenvalue weighted by molar-refractivity contribution is 5.84. The summed E-state index contributed by atoms with van der Waals surface area (Å²) in [4.78, 5) is 26.0. The Morgan fingerprint density at radius 1 is 0.552 bits per heavy atom. The predicted octanol–water partition coefficient (Wildman–Crippen LogP) is 11.6. The van der Waals surface area contributed by atoms with Crippen LogP contribution in [0.2, 0.25) is 0 Å². The fraction of sp³-hybridized carbons (Fsp3) is 0.333. The summed E-state index contributed by atoms with van der Waals surface area (Å²) in [5.74, 6) is 0.413. The maximum absolute atomic E-state index is 14.1. The molecular formula is C45H42F6O7. The van der Waals surface area contributed by atoms with E-state index in [1.165, 1.54) is 60.7 Å². The number of benzene rings is 4. The van der Waals surface area contributed by atoms with Crippen molar-refractivity contribution >= 4 is 21.9 Å². The van der Waals surface area contributed by atoms with Gasteiger partial charge in [-0.3, -0.25) is 0 Å². The SMILES string of the molecule is CCCCCc1ccc(-c2cc3ccc(OCC(O)COc4ccc5cc(-c6ccc(CCCCC)cc6C(F)(F)F)c(=O)oc5c4)cc3oc2=O)c(C(F)(F)F)c1. The van der Waals surface area contributed by atoms with Crippen molar-refractivity contribution in [1.82, 2.24) is 0 Å². The number of ether oxygens (including phenoxy) is 2. The molecule has 4 aromatic carbocycles. The molecule has 0 atom stereocenters. The molecule has 0 aliphatic carbocycles. The van der Waals surface area contributed by atoms with Crippen LogP contribution in [0.5, 0.6) is 11.5 Å². The van der Waals surface area contributed by atoms with Crippen molar-refractivity contribution in [2.45, 2.75) is 83.7 Å². The number of aliphatic hydroxyl groups excluding tert-OH is 1. The van der Waals surface area contributed by atoms with E-state index in [1.54, 1.807) is 12.1 Å². The summed E-state index contributed by atoms with van der Waals surface area (Å²) in [7, 11) is 0. The maximum atomic E-state index is 14.1. The van der Waals surface area contributed by atoms with Gasteiger partial charge in [-0.15, -0.1) is 0 Å². The van der Waals surface area contributed by atoms with Gasteiger partial charge in [-0.25, -0.2) is 9.59 Å². The molecule has 7 nitrogen and oxygen atoms in total. The summed E-state index contributed by atoms with van der Waals surface area (Å²) in [5, 5.41) is 11.3. The Labute approximate surface area is 329 Å². The largest absolute Gasteiger partial charge is 0.491 e. The van der Waals surface area contributed by atoms with Gasteiger partial charge < -0.3 is 23.4 Å². The van der Waals surface area contributed by atoms with Gasteiger partial charge in [-0.2, -0.15) is 26.3 Å². The van der Waals surface area contributed by atoms with E-state index < -0.39 is 40.8 Å². The third-order valence-electron chi connectivity index (χ3n) is 9.80. The van der Waals surface area contributed by atoms with Crippen LogP contribution in [0.1, 0.15) is 74.6 Å². The molecule has 0 spiro atoms. The highest BCUT2D eigenvalue weighted by Crippen LogP contribution is 2.39. The van der Waals surface area contributed by atoms with Gasteiger partial charge in [0.05, 0.1) is 22.3 Å². The Kier molecular flexibility index (Phi) is 13.0. The van der Waals surface area contributed by atoms with Crippen molar-refractivity contribution in [1.29, 1.82) is 0 Å². The van der Waals surface area contributed by atoms with Gasteiger partial charge in [-0.05, 0) is 85.3 Å². The lowest BCUT2D eigenvalue weighted by atomic mass is 9.95. The van der Waals surface area contributed by atoms with Gasteiger partial charge in [0.1, 0.15) is 42.0 Å². The summed E-state index contributed by atoms with van der Waals surface area (Å²) in [6.45, 7) is 3.48. The van der Waals surface area contributed by atoms with Crippen molar-refractivity contribution in [2.75, 3.05) is 13.2 Å². The van der Waals surface area contributed by atoms with Crippen LogP contribution in [-0.4, -0.2) is 24.4 Å². The highest BCUT2D eigenvalue weighted by atomic mass is 19.4. The van der Waals surface area contributed by atoms with E-state index in [9.17, 15) is 41.0 Å². The van der Waals surface area contributed by atoms with Crippen LogP contribution >= 0.6 is 0 Å². The molecule has 0 bridgehead atoms. The molecule has 6 rings (SSSR count). The molecule has 0 aliphatic rings. The van der Waals surface area contributed by atoms with Crippen molar-refractivity contribution in [3.63, 3.8) is 0 Å². The second-order valence-electron chi connectivity index (χ2n) is 14.2. The minimum atomic E-state index is -4.69. The third-order valence-corrected chi connectivity index (χ3v) is 9.80. The summed E-state index contributed by atoms with van der Waals surface area (Å²) in [6, 6.07) is 19.5. The van der Waals surface area contributed by atoms with Crippen molar-refractivity contribution in [3.05, 3.63) is 128 Å². The first kappa shape index (κ1) is 42.1. The van der Waals surface area contributed by atoms with Gasteiger partial charge in [0, 0.05) is 34.0 Å². The van der Waals surface area contributed by atoms with Crippen LogP contribution in [0, 0.1) is 0 Å². The zero-order valence-corrected chi connectivity index (χ0v) is 31.9. The third kappa shape index (κ3) is 10.1. The Morgan fingerprint density at radius 3 is 1.34 bits per heavy atom. The molecule has 0 unspecified atom stereocenters. The number of rotatable bonds is 16. The standard InChI is InChI=1S/C45H42F6O7/c1-3-5-7-9-27-11-17-34(38(19-27)44(46,47)48)36-21-29-13-15-32(23-40(29)57-42(36)53)55-25-31(52)26-56-33-16-14-30-22-37(43(54)58-41(30)24-33)35-18-12-28(10-8-6-4-2)20-39(35)45(49,50)51/h11-24,31,52H,3-10,25-26H2,1-2H3. The number of hydrogen-bond donors (Lipinski definition) is 1. The Bertz CT molecular complexity index is 2330. The Balaban J connectivity index is 1.11. The van der Waals surface area contributed by atoms with E-state index in [1.807, 2.05) is 13.8 Å². The summed E-state index contributed by atoms with van der Waals surface area (Å²) in [6.07, 6.45) is -4.42. The number of aliphatic hydroxyl groups is 1. The summed E-state index contributed by atoms with van der Waals surface area (Å²) >= 11 is 0. The number of alkyl halides is 6. The van der Waals surface area contributed by atoms with Crippen molar-refractivity contribution in [3.8, 4) is 33.8 Å². The average Bonchev–Trinajstić information content (AvgIpc) is 3.18. The van der Waals surface area contributed by atoms with Gasteiger partial charge in [-0.1, -0.05) is 63.8 Å². The lowest BCUT2D eigenvalue weighted by Gasteiger charge is -2.16. The van der Waals surface area contributed by atoms with Gasteiger partial charge in [0.15, 0.2) is 0 Å². The summed E-state index contributed by atoms with van der Waals surface area (Å²) < 4.78 is 107. The van der Waals surface area contributed by atoms with Gasteiger partial charge in [0.2, 0.25) is 0 Å². The molecule has 0 radical (unpaired) electrons. The maximum Gasteiger partial charge on any atom is 0.417 e. The zero-order chi connectivity index (χ0) is 41.6. The first-order valence-corrected chi connectivity index (χ1v) is 19.1. The fourth-order valence-corrected chi connectivity index (χ4v) is 6.76. The minimum Gasteiger partial charge on any atom is -0.491 e. The number of halogens is 6. The lowest BCUT2D eigenvalue weighted by Crippen LogP contribution is -2.25. The van der Waals surface area contributed by atoms with Gasteiger partial charge in [0.25, 0.3) is 0 Å². The quantitative estimate of drug-likeness (QED) is 0.0590. The second kappa shape index (κ2) is 17.9. The van der Waals surface area contributed by atoms with Crippen molar-refractivity contribution in [2.24, 2.45) is 0 Å². The van der Waals surface area contributed by atoms with Crippen molar-refractivity contribution < 1.29 is 49.8 Å². The number of unbranched alkanes of at least 4 members (excludes halogenated alkanes) is 4. The van der Waals surface area contributed by atoms with E-state index >= 15 is 0 Å². The summed E-state index contributed by atoms with van der Waals surface area (Å²) in [5.41, 5.74) is -3.55. The normalized spacial score (nSPS) is 12.2. The molecule has 0 saturated heterocycles. The van der Waals surface area contributed by atoms with E-state index in [4.69, 9.17) is 18.3 Å². The van der Waals surface area contributed by atoms with Crippen LogP contribution in [0.3, 0.4) is 0 Å². The van der Waals surface area contributed by atoms with Crippen LogP contribution in [0.15, 0.2) is 103 Å². The van der Waals surface area contributed by atoms with E-state index in [0.717, 1.165) is 50.7 Å². The molecule has 1 N–H and O–H groups in total. The first-order chi connectivity index (χ1) is 27.6. The molecule has 2 heterocycles.